The quantitative estimate of drug-likeness (QED) is 0.594. The SMILES string of the molecule is NC1CC2(CCN(CCC3CCN(c4cc(F)c(NN5C(=O)CCCC5=O)cc4F)CC3)CC2)C1. The fourth-order valence-corrected chi connectivity index (χ4v) is 6.40. The predicted molar refractivity (Wildman–Crippen MR) is 131 cm³/mol. The molecule has 1 aromatic carbocycles. The van der Waals surface area contributed by atoms with Gasteiger partial charge in [-0.1, -0.05) is 0 Å². The van der Waals surface area contributed by atoms with E-state index in [9.17, 15) is 18.4 Å². The molecule has 4 aliphatic rings. The van der Waals surface area contributed by atoms with Gasteiger partial charge in [0.1, 0.15) is 11.6 Å². The molecule has 5 rings (SSSR count). The van der Waals surface area contributed by atoms with Gasteiger partial charge in [0.2, 0.25) is 11.8 Å². The lowest BCUT2D eigenvalue weighted by Gasteiger charge is -2.51. The second-order valence-corrected chi connectivity index (χ2v) is 11.1. The van der Waals surface area contributed by atoms with Crippen LogP contribution in [0.15, 0.2) is 12.1 Å². The summed E-state index contributed by atoms with van der Waals surface area (Å²) < 4.78 is 29.7. The van der Waals surface area contributed by atoms with Crippen LogP contribution >= 0.6 is 0 Å². The van der Waals surface area contributed by atoms with Crippen molar-refractivity contribution in [3.8, 4) is 0 Å². The van der Waals surface area contributed by atoms with E-state index in [0.29, 0.717) is 36.9 Å². The number of nitrogens with one attached hydrogen (secondary N) is 1. The fourth-order valence-electron chi connectivity index (χ4n) is 6.40. The van der Waals surface area contributed by atoms with Crippen molar-refractivity contribution in [2.45, 2.75) is 70.3 Å². The van der Waals surface area contributed by atoms with E-state index in [-0.39, 0.29) is 24.2 Å². The molecule has 0 aromatic heterocycles. The van der Waals surface area contributed by atoms with E-state index in [2.05, 4.69) is 10.3 Å². The number of hydrazine groups is 1. The number of halogens is 2. The molecular formula is C26H37F2N5O2. The fraction of sp³-hybridized carbons (Fsp3) is 0.692. The molecule has 1 aromatic rings. The summed E-state index contributed by atoms with van der Waals surface area (Å²) in [5.74, 6) is -1.48. The Morgan fingerprint density at radius 1 is 0.971 bits per heavy atom. The van der Waals surface area contributed by atoms with Gasteiger partial charge in [0.15, 0.2) is 0 Å². The Labute approximate surface area is 206 Å². The van der Waals surface area contributed by atoms with E-state index in [0.717, 1.165) is 36.9 Å². The average molecular weight is 490 g/mol. The maximum atomic E-state index is 14.9. The Morgan fingerprint density at radius 3 is 2.26 bits per heavy atom. The zero-order valence-corrected chi connectivity index (χ0v) is 20.4. The maximum absolute atomic E-state index is 14.9. The molecule has 35 heavy (non-hydrogen) atoms. The predicted octanol–water partition coefficient (Wildman–Crippen LogP) is 3.64. The number of nitrogens with two attached hydrogens (primary N) is 1. The highest BCUT2D eigenvalue weighted by molar-refractivity contribution is 5.98. The number of carbonyl (C=O) groups excluding carboxylic acids is 2. The van der Waals surface area contributed by atoms with Crippen LogP contribution in [-0.2, 0) is 9.59 Å². The molecule has 7 nitrogen and oxygen atoms in total. The maximum Gasteiger partial charge on any atom is 0.248 e. The number of benzene rings is 1. The minimum Gasteiger partial charge on any atom is -0.369 e. The zero-order chi connectivity index (χ0) is 24.6. The third kappa shape index (κ3) is 5.31. The molecule has 4 fully saturated rings. The normalized spacial score (nSPS) is 24.2. The highest BCUT2D eigenvalue weighted by Gasteiger charge is 2.44. The average Bonchev–Trinajstić information content (AvgIpc) is 2.82. The minimum absolute atomic E-state index is 0.197. The molecule has 3 heterocycles. The molecule has 1 aliphatic carbocycles. The van der Waals surface area contributed by atoms with E-state index in [1.807, 2.05) is 4.90 Å². The summed E-state index contributed by atoms with van der Waals surface area (Å²) in [7, 11) is 0. The van der Waals surface area contributed by atoms with Gasteiger partial charge in [-0.15, -0.1) is 0 Å². The Kier molecular flexibility index (Phi) is 6.99. The third-order valence-corrected chi connectivity index (χ3v) is 8.66. The summed E-state index contributed by atoms with van der Waals surface area (Å²) in [6.45, 7) is 4.84. The first kappa shape index (κ1) is 24.4. The van der Waals surface area contributed by atoms with Crippen LogP contribution in [0, 0.1) is 23.0 Å². The van der Waals surface area contributed by atoms with Crippen LogP contribution < -0.4 is 16.1 Å². The molecule has 0 unspecified atom stereocenters. The number of likely N-dealkylation sites (tertiary alicyclic amines) is 1. The highest BCUT2D eigenvalue weighted by atomic mass is 19.1. The summed E-state index contributed by atoms with van der Waals surface area (Å²) in [5, 5.41) is 0.801. The number of rotatable bonds is 6. The Balaban J connectivity index is 1.10. The minimum atomic E-state index is -0.676. The van der Waals surface area contributed by atoms with Gasteiger partial charge in [-0.05, 0) is 82.3 Å². The molecule has 3 saturated heterocycles. The second-order valence-electron chi connectivity index (χ2n) is 11.1. The van der Waals surface area contributed by atoms with Crippen LogP contribution in [-0.4, -0.2) is 60.5 Å². The largest absolute Gasteiger partial charge is 0.369 e. The zero-order valence-electron chi connectivity index (χ0n) is 20.4. The van der Waals surface area contributed by atoms with Crippen molar-refractivity contribution in [1.82, 2.24) is 9.91 Å². The molecule has 0 radical (unpaired) electrons. The summed E-state index contributed by atoms with van der Waals surface area (Å²) in [6.07, 6.45) is 8.92. The van der Waals surface area contributed by atoms with Gasteiger partial charge < -0.3 is 15.5 Å². The molecule has 0 bridgehead atoms. The van der Waals surface area contributed by atoms with Gasteiger partial charge in [-0.3, -0.25) is 15.0 Å². The van der Waals surface area contributed by atoms with Crippen LogP contribution in [0.4, 0.5) is 20.2 Å². The van der Waals surface area contributed by atoms with Crippen molar-refractivity contribution in [2.75, 3.05) is 43.0 Å². The number of imide groups is 1. The van der Waals surface area contributed by atoms with Gasteiger partial charge >= 0.3 is 0 Å². The second kappa shape index (κ2) is 10.0. The first-order valence-electron chi connectivity index (χ1n) is 13.2. The number of amides is 2. The number of nitrogens with zero attached hydrogens (tertiary/aromatic N) is 3. The van der Waals surface area contributed by atoms with Crippen molar-refractivity contribution in [2.24, 2.45) is 17.1 Å². The van der Waals surface area contributed by atoms with Crippen LogP contribution in [0.2, 0.25) is 0 Å². The Hall–Kier alpha value is -2.26. The lowest BCUT2D eigenvalue weighted by molar-refractivity contribution is -0.146. The first-order chi connectivity index (χ1) is 16.8. The molecule has 3 N–H and O–H groups in total. The monoisotopic (exact) mass is 489 g/mol. The molecule has 1 saturated carbocycles. The van der Waals surface area contributed by atoms with Crippen molar-refractivity contribution in [3.05, 3.63) is 23.8 Å². The highest BCUT2D eigenvalue weighted by Crippen LogP contribution is 2.48. The van der Waals surface area contributed by atoms with E-state index in [1.165, 1.54) is 44.8 Å². The van der Waals surface area contributed by atoms with Crippen LogP contribution in [0.5, 0.6) is 0 Å². The topological polar surface area (TPSA) is 81.9 Å². The lowest BCUT2D eigenvalue weighted by atomic mass is 9.61. The lowest BCUT2D eigenvalue weighted by Crippen LogP contribution is -2.52. The van der Waals surface area contributed by atoms with E-state index in [4.69, 9.17) is 5.73 Å². The van der Waals surface area contributed by atoms with Crippen molar-refractivity contribution in [1.29, 1.82) is 0 Å². The molecule has 3 aliphatic heterocycles. The van der Waals surface area contributed by atoms with Gasteiger partial charge in [0.05, 0.1) is 11.4 Å². The Morgan fingerprint density at radius 2 is 1.63 bits per heavy atom. The standard InChI is InChI=1S/C26H37F2N5O2/c27-20-15-23(21(28)14-22(20)30-33-24(34)2-1-3-25(33)35)32-10-5-18(6-11-32)4-9-31-12-7-26(8-13-31)16-19(29)17-26/h14-15,18-19,30H,1-13,16-17,29H2. The van der Waals surface area contributed by atoms with E-state index >= 15 is 0 Å². The molecule has 192 valence electrons. The van der Waals surface area contributed by atoms with Crippen LogP contribution in [0.25, 0.3) is 0 Å². The molecule has 9 heteroatoms. The summed E-state index contributed by atoms with van der Waals surface area (Å²) >= 11 is 0. The Bertz CT molecular complexity index is 933. The number of piperidine rings is 3. The van der Waals surface area contributed by atoms with Gasteiger partial charge in [0, 0.05) is 44.1 Å². The van der Waals surface area contributed by atoms with Gasteiger partial charge in [-0.25, -0.2) is 8.78 Å². The van der Waals surface area contributed by atoms with Crippen LogP contribution in [0.3, 0.4) is 0 Å². The smallest absolute Gasteiger partial charge is 0.248 e. The van der Waals surface area contributed by atoms with E-state index in [1.54, 1.807) is 0 Å². The number of anilines is 2. The summed E-state index contributed by atoms with van der Waals surface area (Å²) in [5.41, 5.74) is 9.06. The van der Waals surface area contributed by atoms with Crippen molar-refractivity contribution < 1.29 is 18.4 Å². The van der Waals surface area contributed by atoms with Crippen molar-refractivity contribution >= 4 is 23.2 Å². The number of carbonyl (C=O) groups is 2. The number of hydrogen-bond donors (Lipinski definition) is 2. The van der Waals surface area contributed by atoms with Gasteiger partial charge in [0.25, 0.3) is 0 Å². The third-order valence-electron chi connectivity index (χ3n) is 8.66. The van der Waals surface area contributed by atoms with Crippen LogP contribution in [0.1, 0.15) is 64.2 Å². The van der Waals surface area contributed by atoms with Gasteiger partial charge in [-0.2, -0.15) is 5.01 Å². The molecule has 0 atom stereocenters. The summed E-state index contributed by atoms with van der Waals surface area (Å²) in [6, 6.07) is 2.64. The number of hydrogen-bond acceptors (Lipinski definition) is 6. The first-order valence-corrected chi connectivity index (χ1v) is 13.2. The molecular weight excluding hydrogens is 452 g/mol. The van der Waals surface area contributed by atoms with Crippen molar-refractivity contribution in [3.63, 3.8) is 0 Å². The molecule has 2 amide bonds. The van der Waals surface area contributed by atoms with E-state index < -0.39 is 23.4 Å². The molecule has 1 spiro atoms. The summed E-state index contributed by atoms with van der Waals surface area (Å²) in [4.78, 5) is 28.4.